The first-order chi connectivity index (χ1) is 18.5. The van der Waals surface area contributed by atoms with Crippen LogP contribution in [0.2, 0.25) is 0 Å². The molecule has 0 saturated carbocycles. The number of carbonyl (C=O) groups excluding carboxylic acids is 2. The topological polar surface area (TPSA) is 86.8 Å². The van der Waals surface area contributed by atoms with Gasteiger partial charge in [0.2, 0.25) is 11.8 Å². The highest BCUT2D eigenvalue weighted by Crippen LogP contribution is 2.26. The molecule has 3 rings (SSSR count). The van der Waals surface area contributed by atoms with Gasteiger partial charge in [-0.15, -0.1) is 0 Å². The molecule has 39 heavy (non-hydrogen) atoms. The molecule has 0 aliphatic carbocycles. The molecule has 3 aromatic carbocycles. The van der Waals surface area contributed by atoms with E-state index in [2.05, 4.69) is 21.2 Å². The molecule has 0 heterocycles. The summed E-state index contributed by atoms with van der Waals surface area (Å²) in [5, 5.41) is 2.90. The van der Waals surface area contributed by atoms with Gasteiger partial charge in [0.15, 0.2) is 0 Å². The molecule has 0 fully saturated rings. The summed E-state index contributed by atoms with van der Waals surface area (Å²) in [6.45, 7) is 7.65. The van der Waals surface area contributed by atoms with Crippen molar-refractivity contribution in [3.63, 3.8) is 0 Å². The average Bonchev–Trinajstić information content (AvgIpc) is 2.90. The van der Waals surface area contributed by atoms with Gasteiger partial charge in [-0.25, -0.2) is 8.42 Å². The van der Waals surface area contributed by atoms with E-state index in [0.717, 1.165) is 38.3 Å². The van der Waals surface area contributed by atoms with Crippen LogP contribution in [0, 0.1) is 13.8 Å². The molecule has 0 saturated heterocycles. The summed E-state index contributed by atoms with van der Waals surface area (Å²) in [5.41, 5.74) is 2.98. The second-order valence-corrected chi connectivity index (χ2v) is 12.4. The number of halogens is 1. The number of aryl methyl sites for hydroxylation is 2. The third kappa shape index (κ3) is 8.16. The molecule has 0 spiro atoms. The smallest absolute Gasteiger partial charge is 0.264 e. The Morgan fingerprint density at radius 2 is 1.64 bits per heavy atom. The number of amides is 2. The van der Waals surface area contributed by atoms with Crippen molar-refractivity contribution < 1.29 is 18.0 Å². The Hall–Kier alpha value is -3.17. The van der Waals surface area contributed by atoms with Crippen LogP contribution in [0.25, 0.3) is 0 Å². The van der Waals surface area contributed by atoms with E-state index in [1.807, 2.05) is 51.1 Å². The first-order valence-electron chi connectivity index (χ1n) is 13.0. The van der Waals surface area contributed by atoms with E-state index in [1.165, 1.54) is 4.90 Å². The van der Waals surface area contributed by atoms with Crippen LogP contribution in [0.15, 0.2) is 82.2 Å². The minimum Gasteiger partial charge on any atom is -0.354 e. The van der Waals surface area contributed by atoms with Crippen LogP contribution < -0.4 is 9.62 Å². The Morgan fingerprint density at radius 3 is 2.28 bits per heavy atom. The van der Waals surface area contributed by atoms with E-state index < -0.39 is 28.5 Å². The van der Waals surface area contributed by atoms with Gasteiger partial charge in [-0.05, 0) is 74.7 Å². The van der Waals surface area contributed by atoms with E-state index in [4.69, 9.17) is 0 Å². The van der Waals surface area contributed by atoms with E-state index in [-0.39, 0.29) is 17.3 Å². The number of nitrogens with one attached hydrogen (secondary N) is 1. The van der Waals surface area contributed by atoms with Crippen LogP contribution in [0.3, 0.4) is 0 Å². The highest BCUT2D eigenvalue weighted by atomic mass is 79.9. The maximum Gasteiger partial charge on any atom is 0.264 e. The number of sulfonamides is 1. The molecule has 9 heteroatoms. The van der Waals surface area contributed by atoms with Crippen molar-refractivity contribution in [2.75, 3.05) is 17.4 Å². The van der Waals surface area contributed by atoms with Gasteiger partial charge in [-0.2, -0.15) is 0 Å². The Labute approximate surface area is 240 Å². The Bertz CT molecular complexity index is 1390. The average molecular weight is 615 g/mol. The molecule has 2 amide bonds. The van der Waals surface area contributed by atoms with Crippen molar-refractivity contribution in [3.05, 3.63) is 94.0 Å². The molecule has 0 radical (unpaired) electrons. The summed E-state index contributed by atoms with van der Waals surface area (Å²) in [6.07, 6.45) is 1.76. The first-order valence-corrected chi connectivity index (χ1v) is 15.2. The standard InChI is InChI=1S/C30H36BrN3O4S/c1-5-6-17-32-30(36)24(4)33(20-25-10-8-11-26(31)19-25)29(35)21-34(27-12-7-9-23(3)18-27)39(37,38)28-15-13-22(2)14-16-28/h7-16,18-19,24H,5-6,17,20-21H2,1-4H3,(H,32,36). The van der Waals surface area contributed by atoms with E-state index in [1.54, 1.807) is 49.4 Å². The summed E-state index contributed by atoms with van der Waals surface area (Å²) in [7, 11) is -4.08. The van der Waals surface area contributed by atoms with Gasteiger partial charge in [0.25, 0.3) is 10.0 Å². The largest absolute Gasteiger partial charge is 0.354 e. The number of carbonyl (C=O) groups is 2. The lowest BCUT2D eigenvalue weighted by molar-refractivity contribution is -0.139. The number of benzene rings is 3. The molecule has 3 aromatic rings. The highest BCUT2D eigenvalue weighted by Gasteiger charge is 2.32. The lowest BCUT2D eigenvalue weighted by atomic mass is 10.1. The minimum atomic E-state index is -4.08. The summed E-state index contributed by atoms with van der Waals surface area (Å²) >= 11 is 3.46. The number of nitrogens with zero attached hydrogens (tertiary/aromatic N) is 2. The lowest BCUT2D eigenvalue weighted by Crippen LogP contribution is -2.51. The maximum absolute atomic E-state index is 13.9. The third-order valence-electron chi connectivity index (χ3n) is 6.42. The molecule has 0 bridgehead atoms. The number of anilines is 1. The SMILES string of the molecule is CCCCNC(=O)C(C)N(Cc1cccc(Br)c1)C(=O)CN(c1cccc(C)c1)S(=O)(=O)c1ccc(C)cc1. The Balaban J connectivity index is 2.00. The van der Waals surface area contributed by atoms with Crippen molar-refractivity contribution in [2.24, 2.45) is 0 Å². The molecule has 0 aliphatic rings. The van der Waals surface area contributed by atoms with Gasteiger partial charge in [0.05, 0.1) is 10.6 Å². The van der Waals surface area contributed by atoms with Crippen molar-refractivity contribution in [1.29, 1.82) is 0 Å². The first kappa shape index (κ1) is 30.4. The predicted octanol–water partition coefficient (Wildman–Crippen LogP) is 5.59. The van der Waals surface area contributed by atoms with Crippen LogP contribution in [0.1, 0.15) is 43.4 Å². The van der Waals surface area contributed by atoms with Crippen LogP contribution in [-0.2, 0) is 26.2 Å². The van der Waals surface area contributed by atoms with E-state index in [0.29, 0.717) is 12.2 Å². The lowest BCUT2D eigenvalue weighted by Gasteiger charge is -2.32. The van der Waals surface area contributed by atoms with Crippen LogP contribution in [0.5, 0.6) is 0 Å². The monoisotopic (exact) mass is 613 g/mol. The number of unbranched alkanes of at least 4 members (excludes halogenated alkanes) is 1. The van der Waals surface area contributed by atoms with Crippen LogP contribution in [-0.4, -0.2) is 44.3 Å². The number of hydrogen-bond acceptors (Lipinski definition) is 4. The molecular formula is C30H36BrN3O4S. The van der Waals surface area contributed by atoms with Crippen LogP contribution >= 0.6 is 15.9 Å². The van der Waals surface area contributed by atoms with Crippen LogP contribution in [0.4, 0.5) is 5.69 Å². The van der Waals surface area contributed by atoms with Crippen molar-refractivity contribution >= 4 is 43.5 Å². The Morgan fingerprint density at radius 1 is 0.949 bits per heavy atom. The van der Waals surface area contributed by atoms with E-state index >= 15 is 0 Å². The molecular weight excluding hydrogens is 578 g/mol. The Kier molecular flexibility index (Phi) is 10.7. The minimum absolute atomic E-state index is 0.0892. The molecule has 208 valence electrons. The van der Waals surface area contributed by atoms with Crippen molar-refractivity contribution in [3.8, 4) is 0 Å². The maximum atomic E-state index is 13.9. The molecule has 1 N–H and O–H groups in total. The quantitative estimate of drug-likeness (QED) is 0.270. The fourth-order valence-electron chi connectivity index (χ4n) is 4.10. The summed E-state index contributed by atoms with van der Waals surface area (Å²) in [4.78, 5) is 28.5. The summed E-state index contributed by atoms with van der Waals surface area (Å²) < 4.78 is 29.7. The van der Waals surface area contributed by atoms with Gasteiger partial charge < -0.3 is 10.2 Å². The summed E-state index contributed by atoms with van der Waals surface area (Å²) in [5.74, 6) is -0.763. The van der Waals surface area contributed by atoms with Gasteiger partial charge in [0, 0.05) is 17.6 Å². The van der Waals surface area contributed by atoms with Gasteiger partial charge >= 0.3 is 0 Å². The molecule has 1 unspecified atom stereocenters. The van der Waals surface area contributed by atoms with Crippen molar-refractivity contribution in [2.45, 2.75) is 58.0 Å². The molecule has 0 aliphatic heterocycles. The number of rotatable bonds is 12. The number of hydrogen-bond donors (Lipinski definition) is 1. The fourth-order valence-corrected chi connectivity index (χ4v) is 5.95. The molecule has 7 nitrogen and oxygen atoms in total. The zero-order valence-electron chi connectivity index (χ0n) is 22.9. The zero-order chi connectivity index (χ0) is 28.6. The normalized spacial score (nSPS) is 12.0. The molecule has 1 atom stereocenters. The predicted molar refractivity (Wildman–Crippen MR) is 159 cm³/mol. The zero-order valence-corrected chi connectivity index (χ0v) is 25.3. The highest BCUT2D eigenvalue weighted by molar-refractivity contribution is 9.10. The second kappa shape index (κ2) is 13.8. The fraction of sp³-hybridized carbons (Fsp3) is 0.333. The van der Waals surface area contributed by atoms with E-state index in [9.17, 15) is 18.0 Å². The summed E-state index contributed by atoms with van der Waals surface area (Å²) in [6, 6.07) is 20.2. The van der Waals surface area contributed by atoms with Crippen molar-refractivity contribution in [1.82, 2.24) is 10.2 Å². The third-order valence-corrected chi connectivity index (χ3v) is 8.70. The van der Waals surface area contributed by atoms with Gasteiger partial charge in [-0.1, -0.05) is 71.2 Å². The molecule has 0 aromatic heterocycles. The van der Waals surface area contributed by atoms with Gasteiger partial charge in [-0.3, -0.25) is 13.9 Å². The van der Waals surface area contributed by atoms with Gasteiger partial charge in [0.1, 0.15) is 12.6 Å². The second-order valence-electron chi connectivity index (χ2n) is 9.64.